The molecule has 1 fully saturated rings. The number of hydrogen-bond donors (Lipinski definition) is 2. The van der Waals surface area contributed by atoms with Crippen molar-refractivity contribution in [3.63, 3.8) is 0 Å². The molecule has 2 N–H and O–H groups in total. The van der Waals surface area contributed by atoms with Crippen molar-refractivity contribution in [1.82, 2.24) is 0 Å². The van der Waals surface area contributed by atoms with Crippen molar-refractivity contribution >= 4 is 45.6 Å². The molecule has 0 saturated carbocycles. The van der Waals surface area contributed by atoms with Gasteiger partial charge in [-0.2, -0.15) is 0 Å². The van der Waals surface area contributed by atoms with Gasteiger partial charge >= 0.3 is 7.12 Å². The van der Waals surface area contributed by atoms with E-state index < -0.39 is 22.2 Å². The number of allylic oxidation sites excluding steroid dienone is 1. The molecule has 2 atom stereocenters. The lowest BCUT2D eigenvalue weighted by atomic mass is 9.74. The first-order chi connectivity index (χ1) is 13.7. The van der Waals surface area contributed by atoms with Crippen LogP contribution in [0.2, 0.25) is 6.32 Å². The van der Waals surface area contributed by atoms with Crippen molar-refractivity contribution in [2.24, 2.45) is 0 Å². The molecule has 9 heteroatoms. The fourth-order valence-electron chi connectivity index (χ4n) is 4.14. The maximum absolute atomic E-state index is 12.5. The predicted molar refractivity (Wildman–Crippen MR) is 123 cm³/mol. The summed E-state index contributed by atoms with van der Waals surface area (Å²) in [4.78, 5) is 0. The van der Waals surface area contributed by atoms with Crippen LogP contribution in [-0.2, 0) is 14.5 Å². The average Bonchev–Trinajstić information content (AvgIpc) is 2.93. The van der Waals surface area contributed by atoms with E-state index in [-0.39, 0.29) is 23.9 Å². The Balaban J connectivity index is 1.78. The minimum atomic E-state index is -3.25. The molecule has 0 aliphatic carbocycles. The van der Waals surface area contributed by atoms with Gasteiger partial charge in [-0.25, -0.2) is 8.42 Å². The SMILES string of the molecule is CCC1=C2[C@@H](CC/C(C)=C/c3cc(I)c(O)c(OC)c3)OB(O)C[C@@H]2S(=O)(=O)C1. The molecule has 2 aliphatic rings. The van der Waals surface area contributed by atoms with E-state index in [1.807, 2.05) is 26.0 Å². The third-order valence-electron chi connectivity index (χ3n) is 5.56. The number of phenolic OH excluding ortho intramolecular Hbond substituents is 1. The molecule has 2 aliphatic heterocycles. The monoisotopic (exact) mass is 532 g/mol. The van der Waals surface area contributed by atoms with E-state index in [2.05, 4.69) is 22.6 Å². The maximum atomic E-state index is 12.5. The first-order valence-corrected chi connectivity index (χ1v) is 12.5. The number of hydrogen-bond acceptors (Lipinski definition) is 6. The molecule has 0 bridgehead atoms. The topological polar surface area (TPSA) is 93.1 Å². The summed E-state index contributed by atoms with van der Waals surface area (Å²) in [6.45, 7) is 3.97. The van der Waals surface area contributed by atoms with E-state index in [4.69, 9.17) is 9.39 Å². The fraction of sp³-hybridized carbons (Fsp3) is 0.500. The standard InChI is InChI=1S/C20H26BIO6S/c1-4-14-11-29(25,26)18-10-21(24)28-16(19(14)18)6-5-12(2)7-13-8-15(22)20(23)17(9-13)27-3/h7-9,16,18,23-24H,4-6,10-11H2,1-3H3/b12-7+/t16-,18+/m1/s1. The van der Waals surface area contributed by atoms with Gasteiger partial charge in [-0.15, -0.1) is 0 Å². The highest BCUT2D eigenvalue weighted by molar-refractivity contribution is 14.1. The van der Waals surface area contributed by atoms with Crippen LogP contribution >= 0.6 is 22.6 Å². The second-order valence-electron chi connectivity index (χ2n) is 7.61. The highest BCUT2D eigenvalue weighted by Crippen LogP contribution is 2.40. The summed E-state index contributed by atoms with van der Waals surface area (Å²) in [7, 11) is -2.78. The number of halogens is 1. The first kappa shape index (κ1) is 22.6. The van der Waals surface area contributed by atoms with Gasteiger partial charge in [-0.1, -0.05) is 24.1 Å². The van der Waals surface area contributed by atoms with Crippen LogP contribution in [-0.4, -0.2) is 49.9 Å². The van der Waals surface area contributed by atoms with Crippen LogP contribution in [0.15, 0.2) is 28.9 Å². The van der Waals surface area contributed by atoms with Gasteiger partial charge in [0, 0.05) is 6.32 Å². The number of rotatable bonds is 6. The number of phenols is 1. The molecular formula is C20H26BIO6S. The van der Waals surface area contributed by atoms with Crippen molar-refractivity contribution in [2.75, 3.05) is 12.9 Å². The van der Waals surface area contributed by atoms with Crippen LogP contribution in [0.3, 0.4) is 0 Å². The van der Waals surface area contributed by atoms with Gasteiger partial charge in [0.15, 0.2) is 21.3 Å². The van der Waals surface area contributed by atoms with Crippen LogP contribution in [0.4, 0.5) is 0 Å². The minimum Gasteiger partial charge on any atom is -0.504 e. The summed E-state index contributed by atoms with van der Waals surface area (Å²) in [5.74, 6) is 0.628. The number of ether oxygens (including phenoxy) is 1. The summed E-state index contributed by atoms with van der Waals surface area (Å²) < 4.78 is 36.7. The second-order valence-corrected chi connectivity index (χ2v) is 11.0. The molecule has 3 rings (SSSR count). The van der Waals surface area contributed by atoms with E-state index in [0.717, 1.165) is 22.3 Å². The van der Waals surface area contributed by atoms with Gasteiger partial charge in [0.1, 0.15) is 0 Å². The highest BCUT2D eigenvalue weighted by Gasteiger charge is 2.47. The maximum Gasteiger partial charge on any atom is 0.456 e. The van der Waals surface area contributed by atoms with Crippen molar-refractivity contribution < 1.29 is 27.9 Å². The molecule has 158 valence electrons. The van der Waals surface area contributed by atoms with Crippen molar-refractivity contribution in [3.05, 3.63) is 38.0 Å². The van der Waals surface area contributed by atoms with Gasteiger partial charge in [-0.3, -0.25) is 0 Å². The number of benzene rings is 1. The zero-order chi connectivity index (χ0) is 21.3. The van der Waals surface area contributed by atoms with Crippen molar-refractivity contribution in [3.8, 4) is 11.5 Å². The molecule has 0 radical (unpaired) electrons. The molecule has 6 nitrogen and oxygen atoms in total. The highest BCUT2D eigenvalue weighted by atomic mass is 127. The Bertz CT molecular complexity index is 956. The average molecular weight is 532 g/mol. The molecule has 1 saturated heterocycles. The number of aromatic hydroxyl groups is 1. The molecule has 1 aromatic rings. The zero-order valence-corrected chi connectivity index (χ0v) is 19.8. The van der Waals surface area contributed by atoms with Crippen LogP contribution in [0.1, 0.15) is 38.7 Å². The lowest BCUT2D eigenvalue weighted by Gasteiger charge is -2.32. The fourth-order valence-corrected chi connectivity index (χ4v) is 6.98. The third kappa shape index (κ3) is 4.83. The smallest absolute Gasteiger partial charge is 0.456 e. The Morgan fingerprint density at radius 2 is 2.17 bits per heavy atom. The lowest BCUT2D eigenvalue weighted by molar-refractivity contribution is 0.169. The van der Waals surface area contributed by atoms with Gasteiger partial charge in [0.25, 0.3) is 0 Å². The van der Waals surface area contributed by atoms with E-state index in [1.165, 1.54) is 7.11 Å². The molecule has 0 aromatic heterocycles. The Labute approximate surface area is 186 Å². The largest absolute Gasteiger partial charge is 0.504 e. The van der Waals surface area contributed by atoms with Crippen LogP contribution in [0.25, 0.3) is 6.08 Å². The van der Waals surface area contributed by atoms with Crippen molar-refractivity contribution in [2.45, 2.75) is 50.8 Å². The summed E-state index contributed by atoms with van der Waals surface area (Å²) >= 11 is 2.06. The normalized spacial score (nSPS) is 24.0. The first-order valence-electron chi connectivity index (χ1n) is 9.66. The minimum absolute atomic E-state index is 0.0800. The van der Waals surface area contributed by atoms with E-state index >= 15 is 0 Å². The number of fused-ring (bicyclic) bond motifs is 1. The van der Waals surface area contributed by atoms with Crippen LogP contribution < -0.4 is 4.74 Å². The second kappa shape index (κ2) is 8.99. The molecule has 2 heterocycles. The predicted octanol–water partition coefficient (Wildman–Crippen LogP) is 3.57. The molecule has 29 heavy (non-hydrogen) atoms. The van der Waals surface area contributed by atoms with E-state index in [9.17, 15) is 18.5 Å². The third-order valence-corrected chi connectivity index (χ3v) is 8.45. The van der Waals surface area contributed by atoms with Gasteiger partial charge in [0.05, 0.1) is 27.8 Å². The Hall–Kier alpha value is -1.04. The Kier molecular flexibility index (Phi) is 7.02. The summed E-state index contributed by atoms with van der Waals surface area (Å²) in [5, 5.41) is 19.4. The zero-order valence-electron chi connectivity index (χ0n) is 16.8. The van der Waals surface area contributed by atoms with E-state index in [0.29, 0.717) is 28.6 Å². The van der Waals surface area contributed by atoms with Gasteiger partial charge in [-0.05, 0) is 72.0 Å². The number of methoxy groups -OCH3 is 1. The Morgan fingerprint density at radius 3 is 2.83 bits per heavy atom. The number of sulfone groups is 1. The molecule has 0 amide bonds. The Morgan fingerprint density at radius 1 is 1.45 bits per heavy atom. The summed E-state index contributed by atoms with van der Waals surface area (Å²) in [6.07, 6.45) is 3.75. The lowest BCUT2D eigenvalue weighted by Crippen LogP contribution is -2.41. The van der Waals surface area contributed by atoms with Crippen molar-refractivity contribution in [1.29, 1.82) is 0 Å². The van der Waals surface area contributed by atoms with E-state index in [1.54, 1.807) is 6.07 Å². The molecule has 0 unspecified atom stereocenters. The van der Waals surface area contributed by atoms with Gasteiger partial charge in [0.2, 0.25) is 0 Å². The molecular weight excluding hydrogens is 506 g/mol. The molecule has 0 spiro atoms. The summed E-state index contributed by atoms with van der Waals surface area (Å²) in [6, 6.07) is 3.65. The van der Waals surface area contributed by atoms with Crippen LogP contribution in [0, 0.1) is 3.57 Å². The quantitative estimate of drug-likeness (QED) is 0.331. The summed E-state index contributed by atoms with van der Waals surface area (Å²) in [5.41, 5.74) is 3.81. The molecule has 1 aromatic carbocycles. The van der Waals surface area contributed by atoms with Crippen LogP contribution in [0.5, 0.6) is 11.5 Å². The van der Waals surface area contributed by atoms with Gasteiger partial charge < -0.3 is 19.5 Å².